The number of esters is 1. The summed E-state index contributed by atoms with van der Waals surface area (Å²) in [5.74, 6) is -0.580. The summed E-state index contributed by atoms with van der Waals surface area (Å²) >= 11 is 0. The number of fused-ring (bicyclic) bond motifs is 2. The highest BCUT2D eigenvalue weighted by molar-refractivity contribution is 6.06. The molecule has 5 rings (SSSR count). The van der Waals surface area contributed by atoms with Crippen molar-refractivity contribution in [3.05, 3.63) is 107 Å². The van der Waals surface area contributed by atoms with Gasteiger partial charge in [0.2, 0.25) is 0 Å². The van der Waals surface area contributed by atoms with E-state index >= 15 is 0 Å². The van der Waals surface area contributed by atoms with Gasteiger partial charge in [-0.15, -0.1) is 0 Å². The minimum absolute atomic E-state index is 0.259. The average Bonchev–Trinajstić information content (AvgIpc) is 2.91. The number of amides is 1. The number of rotatable bonds is 7. The molecule has 0 saturated heterocycles. The van der Waals surface area contributed by atoms with Crippen LogP contribution in [-0.2, 0) is 29.0 Å². The van der Waals surface area contributed by atoms with E-state index in [0.29, 0.717) is 12.1 Å². The lowest BCUT2D eigenvalue weighted by Gasteiger charge is -2.27. The Kier molecular flexibility index (Phi) is 7.28. The SMILES string of the molecule is CC(C)c1ccccc1NC(=O)COC(=O)c1c2c(nc3ccccc13)CC[NH+](Cc1ccccc1)C2. The van der Waals surface area contributed by atoms with Crippen molar-refractivity contribution in [3.63, 3.8) is 0 Å². The second kappa shape index (κ2) is 10.9. The van der Waals surface area contributed by atoms with Gasteiger partial charge in [-0.3, -0.25) is 9.78 Å². The molecule has 0 radical (unpaired) electrons. The third kappa shape index (κ3) is 5.54. The van der Waals surface area contributed by atoms with Crippen LogP contribution in [0.2, 0.25) is 0 Å². The summed E-state index contributed by atoms with van der Waals surface area (Å²) in [4.78, 5) is 32.5. The van der Waals surface area contributed by atoms with E-state index in [9.17, 15) is 9.59 Å². The number of para-hydroxylation sites is 2. The Bertz CT molecular complexity index is 1430. The zero-order valence-electron chi connectivity index (χ0n) is 21.3. The number of hydrogen-bond acceptors (Lipinski definition) is 4. The summed E-state index contributed by atoms with van der Waals surface area (Å²) in [5, 5.41) is 3.66. The summed E-state index contributed by atoms with van der Waals surface area (Å²) in [6.07, 6.45) is 0.787. The summed E-state index contributed by atoms with van der Waals surface area (Å²) in [7, 11) is 0. The van der Waals surface area contributed by atoms with Gasteiger partial charge >= 0.3 is 5.97 Å². The monoisotopic (exact) mass is 494 g/mol. The molecule has 0 spiro atoms. The van der Waals surface area contributed by atoms with Crippen LogP contribution in [-0.4, -0.2) is 30.0 Å². The van der Waals surface area contributed by atoms with Gasteiger partial charge < -0.3 is 15.0 Å². The number of quaternary nitrogens is 1. The van der Waals surface area contributed by atoms with E-state index in [1.165, 1.54) is 10.5 Å². The number of benzene rings is 3. The Hall–Kier alpha value is -4.03. The molecule has 0 saturated carbocycles. The van der Waals surface area contributed by atoms with Crippen molar-refractivity contribution in [1.29, 1.82) is 0 Å². The van der Waals surface area contributed by atoms with Crippen LogP contribution < -0.4 is 10.2 Å². The zero-order chi connectivity index (χ0) is 25.8. The molecule has 6 nitrogen and oxygen atoms in total. The fraction of sp³-hybridized carbons (Fsp3) is 0.258. The highest BCUT2D eigenvalue weighted by atomic mass is 16.5. The van der Waals surface area contributed by atoms with Crippen LogP contribution in [0.3, 0.4) is 0 Å². The molecular formula is C31H32N3O3+. The van der Waals surface area contributed by atoms with E-state index < -0.39 is 5.97 Å². The topological polar surface area (TPSA) is 72.7 Å². The Morgan fingerprint density at radius 2 is 1.70 bits per heavy atom. The third-order valence-corrected chi connectivity index (χ3v) is 6.91. The van der Waals surface area contributed by atoms with Gasteiger partial charge in [-0.2, -0.15) is 0 Å². The van der Waals surface area contributed by atoms with Gasteiger partial charge in [0, 0.05) is 28.6 Å². The summed E-state index contributed by atoms with van der Waals surface area (Å²) in [6, 6.07) is 25.7. The largest absolute Gasteiger partial charge is 0.452 e. The smallest absolute Gasteiger partial charge is 0.339 e. The molecule has 1 unspecified atom stereocenters. The van der Waals surface area contributed by atoms with Gasteiger partial charge in [0.25, 0.3) is 5.91 Å². The minimum atomic E-state index is -0.483. The van der Waals surface area contributed by atoms with Crippen LogP contribution in [0.15, 0.2) is 78.9 Å². The molecule has 0 aliphatic carbocycles. The van der Waals surface area contributed by atoms with Crippen LogP contribution in [0.1, 0.15) is 52.5 Å². The van der Waals surface area contributed by atoms with E-state index in [-0.39, 0.29) is 18.4 Å². The highest BCUT2D eigenvalue weighted by Crippen LogP contribution is 2.26. The number of nitrogens with zero attached hydrogens (tertiary/aromatic N) is 1. The first-order valence-corrected chi connectivity index (χ1v) is 12.8. The second-order valence-electron chi connectivity index (χ2n) is 9.88. The van der Waals surface area contributed by atoms with Gasteiger partial charge in [-0.1, -0.05) is 80.6 Å². The Morgan fingerprint density at radius 3 is 2.51 bits per heavy atom. The molecular weight excluding hydrogens is 462 g/mol. The molecule has 6 heteroatoms. The van der Waals surface area contributed by atoms with E-state index in [1.807, 2.05) is 54.6 Å². The number of hydrogen-bond donors (Lipinski definition) is 2. The average molecular weight is 495 g/mol. The van der Waals surface area contributed by atoms with Crippen molar-refractivity contribution in [1.82, 2.24) is 4.98 Å². The Labute approximate surface area is 217 Å². The summed E-state index contributed by atoms with van der Waals surface area (Å²) in [6.45, 7) is 6.30. The molecule has 1 aliphatic rings. The van der Waals surface area contributed by atoms with Crippen molar-refractivity contribution < 1.29 is 19.2 Å². The lowest BCUT2D eigenvalue weighted by atomic mass is 9.95. The molecule has 0 fully saturated rings. The fourth-order valence-corrected chi connectivity index (χ4v) is 5.11. The van der Waals surface area contributed by atoms with Crippen LogP contribution >= 0.6 is 0 Å². The second-order valence-corrected chi connectivity index (χ2v) is 9.88. The molecule has 4 aromatic rings. The summed E-state index contributed by atoms with van der Waals surface area (Å²) < 4.78 is 5.60. The van der Waals surface area contributed by atoms with E-state index in [1.54, 1.807) is 0 Å². The Morgan fingerprint density at radius 1 is 0.973 bits per heavy atom. The van der Waals surface area contributed by atoms with Crippen molar-refractivity contribution in [2.75, 3.05) is 18.5 Å². The van der Waals surface area contributed by atoms with Crippen molar-refractivity contribution >= 4 is 28.5 Å². The van der Waals surface area contributed by atoms with Crippen LogP contribution in [0.25, 0.3) is 10.9 Å². The van der Waals surface area contributed by atoms with E-state index in [4.69, 9.17) is 9.72 Å². The number of carbonyl (C=O) groups is 2. The van der Waals surface area contributed by atoms with E-state index in [2.05, 4.69) is 43.4 Å². The summed E-state index contributed by atoms with van der Waals surface area (Å²) in [5.41, 5.74) is 6.21. The minimum Gasteiger partial charge on any atom is -0.452 e. The molecule has 2 heterocycles. The van der Waals surface area contributed by atoms with Gasteiger partial charge in [-0.25, -0.2) is 4.79 Å². The molecule has 1 amide bonds. The lowest BCUT2D eigenvalue weighted by Crippen LogP contribution is -3.10. The lowest BCUT2D eigenvalue weighted by molar-refractivity contribution is -0.929. The molecule has 1 atom stereocenters. The van der Waals surface area contributed by atoms with Gasteiger partial charge in [0.1, 0.15) is 13.1 Å². The zero-order valence-corrected chi connectivity index (χ0v) is 21.3. The number of ether oxygens (including phenoxy) is 1. The number of carbonyl (C=O) groups excluding carboxylic acids is 2. The number of anilines is 1. The van der Waals surface area contributed by atoms with Gasteiger partial charge in [0.05, 0.1) is 23.3 Å². The van der Waals surface area contributed by atoms with Crippen LogP contribution in [0.5, 0.6) is 0 Å². The molecule has 1 aliphatic heterocycles. The Balaban J connectivity index is 1.37. The predicted molar refractivity (Wildman–Crippen MR) is 145 cm³/mol. The first-order valence-electron chi connectivity index (χ1n) is 12.8. The number of aromatic nitrogens is 1. The maximum Gasteiger partial charge on any atom is 0.339 e. The van der Waals surface area contributed by atoms with Crippen LogP contribution in [0.4, 0.5) is 5.69 Å². The number of pyridine rings is 1. The van der Waals surface area contributed by atoms with Gasteiger partial charge in [-0.05, 0) is 23.6 Å². The predicted octanol–water partition coefficient (Wildman–Crippen LogP) is 4.29. The maximum absolute atomic E-state index is 13.5. The van der Waals surface area contributed by atoms with Crippen molar-refractivity contribution in [2.45, 2.75) is 39.3 Å². The maximum atomic E-state index is 13.5. The molecule has 3 aromatic carbocycles. The first-order chi connectivity index (χ1) is 18.0. The van der Waals surface area contributed by atoms with Crippen LogP contribution in [0, 0.1) is 0 Å². The van der Waals surface area contributed by atoms with Crippen molar-refractivity contribution in [2.24, 2.45) is 0 Å². The quantitative estimate of drug-likeness (QED) is 0.376. The fourth-order valence-electron chi connectivity index (χ4n) is 5.11. The molecule has 2 N–H and O–H groups in total. The third-order valence-electron chi connectivity index (χ3n) is 6.91. The first kappa shape index (κ1) is 24.7. The van der Waals surface area contributed by atoms with E-state index in [0.717, 1.165) is 52.9 Å². The highest BCUT2D eigenvalue weighted by Gasteiger charge is 2.29. The molecule has 37 heavy (non-hydrogen) atoms. The molecule has 0 bridgehead atoms. The molecule has 1 aromatic heterocycles. The molecule has 188 valence electrons. The number of nitrogens with one attached hydrogen (secondary N) is 2. The van der Waals surface area contributed by atoms with Gasteiger partial charge in [0.15, 0.2) is 6.61 Å². The standard InChI is InChI=1S/C31H31N3O3/c1-21(2)23-12-6-8-14-26(23)33-29(35)20-37-31(36)30-24-13-7-9-15-27(24)32-28-16-17-34(19-25(28)30)18-22-10-4-3-5-11-22/h3-15,21H,16-20H2,1-2H3,(H,33,35)/p+1. The normalized spacial score (nSPS) is 14.8. The van der Waals surface area contributed by atoms with Crippen molar-refractivity contribution in [3.8, 4) is 0 Å².